The van der Waals surface area contributed by atoms with E-state index >= 15 is 0 Å². The zero-order valence-corrected chi connectivity index (χ0v) is 17.2. The number of benzene rings is 2. The number of likely N-dealkylation sites (N-methyl/N-ethyl adjacent to an activating group) is 1. The number of hydrogen-bond donors (Lipinski definition) is 1. The number of rotatable bonds is 5. The first-order chi connectivity index (χ1) is 13.7. The van der Waals surface area contributed by atoms with Crippen LogP contribution < -0.4 is 0 Å². The van der Waals surface area contributed by atoms with E-state index < -0.39 is 30.3 Å². The molecule has 6 nitrogen and oxygen atoms in total. The van der Waals surface area contributed by atoms with Crippen LogP contribution in [-0.4, -0.2) is 54.0 Å². The summed E-state index contributed by atoms with van der Waals surface area (Å²) in [5, 5.41) is 9.60. The van der Waals surface area contributed by atoms with Crippen LogP contribution in [-0.2, 0) is 14.3 Å². The highest BCUT2D eigenvalue weighted by atomic mass is 16.6. The Morgan fingerprint density at radius 1 is 1.03 bits per heavy atom. The number of carbonyl (C=O) groups is 2. The Morgan fingerprint density at radius 2 is 1.55 bits per heavy atom. The Labute approximate surface area is 171 Å². The van der Waals surface area contributed by atoms with E-state index in [4.69, 9.17) is 9.47 Å². The van der Waals surface area contributed by atoms with Crippen molar-refractivity contribution in [3.05, 3.63) is 59.7 Å². The quantitative estimate of drug-likeness (QED) is 0.781. The Hall–Kier alpha value is -2.86. The number of ether oxygens (including phenoxy) is 2. The SMILES string of the molecule is CN(C(=O)OCC1c2ccccc2-c2ccccc21)[C@H](CO)C(=O)OC(C)(C)C. The minimum atomic E-state index is -1.12. The Balaban J connectivity index is 1.71. The first-order valence-electron chi connectivity index (χ1n) is 9.64. The maximum absolute atomic E-state index is 12.6. The minimum absolute atomic E-state index is 0.0751. The Bertz CT molecular complexity index is 857. The molecule has 1 atom stereocenters. The molecule has 0 aromatic heterocycles. The van der Waals surface area contributed by atoms with Gasteiger partial charge in [-0.2, -0.15) is 0 Å². The van der Waals surface area contributed by atoms with Crippen molar-refractivity contribution in [3.8, 4) is 11.1 Å². The van der Waals surface area contributed by atoms with Crippen molar-refractivity contribution >= 4 is 12.1 Å². The van der Waals surface area contributed by atoms with Crippen LogP contribution in [0.25, 0.3) is 11.1 Å². The predicted octanol–water partition coefficient (Wildman–Crippen LogP) is 3.57. The third kappa shape index (κ3) is 4.43. The van der Waals surface area contributed by atoms with Crippen molar-refractivity contribution in [2.45, 2.75) is 38.3 Å². The highest BCUT2D eigenvalue weighted by molar-refractivity contribution is 5.82. The lowest BCUT2D eigenvalue weighted by Gasteiger charge is -2.28. The number of nitrogens with zero attached hydrogens (tertiary/aromatic N) is 1. The summed E-state index contributed by atoms with van der Waals surface area (Å²) in [6, 6.07) is 15.0. The van der Waals surface area contributed by atoms with Crippen molar-refractivity contribution < 1.29 is 24.2 Å². The second-order valence-corrected chi connectivity index (χ2v) is 8.15. The number of fused-ring (bicyclic) bond motifs is 3. The highest BCUT2D eigenvalue weighted by Crippen LogP contribution is 2.44. The fraction of sp³-hybridized carbons (Fsp3) is 0.391. The molecule has 0 saturated carbocycles. The number of aliphatic hydroxyl groups is 1. The molecule has 0 fully saturated rings. The van der Waals surface area contributed by atoms with Crippen LogP contribution in [0.2, 0.25) is 0 Å². The molecule has 2 aromatic carbocycles. The van der Waals surface area contributed by atoms with Crippen LogP contribution in [0, 0.1) is 0 Å². The molecule has 0 saturated heterocycles. The van der Waals surface area contributed by atoms with Gasteiger partial charge in [-0.15, -0.1) is 0 Å². The van der Waals surface area contributed by atoms with Crippen LogP contribution in [0.15, 0.2) is 48.5 Å². The lowest BCUT2D eigenvalue weighted by Crippen LogP contribution is -2.47. The number of aliphatic hydroxyl groups excluding tert-OH is 1. The molecule has 0 spiro atoms. The van der Waals surface area contributed by atoms with Crippen LogP contribution in [0.1, 0.15) is 37.8 Å². The van der Waals surface area contributed by atoms with E-state index in [-0.39, 0.29) is 12.5 Å². The summed E-state index contributed by atoms with van der Waals surface area (Å²) in [5.74, 6) is -0.745. The summed E-state index contributed by atoms with van der Waals surface area (Å²) in [4.78, 5) is 26.0. The Kier molecular flexibility index (Phi) is 5.94. The van der Waals surface area contributed by atoms with Gasteiger partial charge >= 0.3 is 12.1 Å². The van der Waals surface area contributed by atoms with Crippen LogP contribution in [0.4, 0.5) is 4.79 Å². The van der Waals surface area contributed by atoms with Crippen molar-refractivity contribution in [2.75, 3.05) is 20.3 Å². The summed E-state index contributed by atoms with van der Waals surface area (Å²) >= 11 is 0. The predicted molar refractivity (Wildman–Crippen MR) is 110 cm³/mol. The van der Waals surface area contributed by atoms with Gasteiger partial charge in [-0.3, -0.25) is 4.90 Å². The molecule has 1 aliphatic rings. The van der Waals surface area contributed by atoms with Gasteiger partial charge in [0, 0.05) is 13.0 Å². The lowest BCUT2D eigenvalue weighted by atomic mass is 9.98. The standard InChI is InChI=1S/C23H27NO5/c1-23(2,3)29-21(26)20(13-25)24(4)22(27)28-14-19-17-11-7-5-9-15(17)16-10-6-8-12-18(16)19/h5-12,19-20,25H,13-14H2,1-4H3/t20-/m1/s1. The molecule has 0 aliphatic heterocycles. The average molecular weight is 397 g/mol. The molecule has 3 rings (SSSR count). The minimum Gasteiger partial charge on any atom is -0.458 e. The van der Waals surface area contributed by atoms with Gasteiger partial charge in [-0.25, -0.2) is 9.59 Å². The van der Waals surface area contributed by atoms with Gasteiger partial charge in [0.05, 0.1) is 6.61 Å². The van der Waals surface area contributed by atoms with Gasteiger partial charge in [0.1, 0.15) is 12.2 Å². The smallest absolute Gasteiger partial charge is 0.410 e. The van der Waals surface area contributed by atoms with Crippen molar-refractivity contribution in [3.63, 3.8) is 0 Å². The average Bonchev–Trinajstić information content (AvgIpc) is 2.99. The molecule has 29 heavy (non-hydrogen) atoms. The summed E-state index contributed by atoms with van der Waals surface area (Å²) < 4.78 is 10.8. The molecule has 154 valence electrons. The van der Waals surface area contributed by atoms with E-state index in [0.29, 0.717) is 0 Å². The fourth-order valence-corrected chi connectivity index (χ4v) is 3.55. The number of amides is 1. The van der Waals surface area contributed by atoms with Crippen molar-refractivity contribution in [1.29, 1.82) is 0 Å². The van der Waals surface area contributed by atoms with Gasteiger partial charge in [0.2, 0.25) is 0 Å². The van der Waals surface area contributed by atoms with Gasteiger partial charge < -0.3 is 14.6 Å². The lowest BCUT2D eigenvalue weighted by molar-refractivity contribution is -0.161. The third-order valence-electron chi connectivity index (χ3n) is 4.94. The largest absolute Gasteiger partial charge is 0.458 e. The zero-order chi connectivity index (χ0) is 21.2. The summed E-state index contributed by atoms with van der Waals surface area (Å²) in [7, 11) is 1.42. The zero-order valence-electron chi connectivity index (χ0n) is 17.2. The van der Waals surface area contributed by atoms with E-state index in [0.717, 1.165) is 27.2 Å². The molecule has 0 radical (unpaired) electrons. The van der Waals surface area contributed by atoms with Gasteiger partial charge in [0.25, 0.3) is 0 Å². The second-order valence-electron chi connectivity index (χ2n) is 8.15. The van der Waals surface area contributed by atoms with Gasteiger partial charge in [-0.1, -0.05) is 48.5 Å². The molecule has 1 N–H and O–H groups in total. The highest BCUT2D eigenvalue weighted by Gasteiger charge is 2.33. The molecule has 0 heterocycles. The van der Waals surface area contributed by atoms with Gasteiger partial charge in [-0.05, 0) is 43.0 Å². The fourth-order valence-electron chi connectivity index (χ4n) is 3.55. The molecular weight excluding hydrogens is 370 g/mol. The number of hydrogen-bond acceptors (Lipinski definition) is 5. The van der Waals surface area contributed by atoms with Crippen LogP contribution in [0.3, 0.4) is 0 Å². The summed E-state index contributed by atoms with van der Waals surface area (Å²) in [6.45, 7) is 4.78. The molecule has 1 aliphatic carbocycles. The van der Waals surface area contributed by atoms with Crippen LogP contribution >= 0.6 is 0 Å². The second kappa shape index (κ2) is 8.25. The van der Waals surface area contributed by atoms with E-state index in [1.165, 1.54) is 7.05 Å². The van der Waals surface area contributed by atoms with Crippen molar-refractivity contribution in [2.24, 2.45) is 0 Å². The maximum atomic E-state index is 12.6. The first-order valence-corrected chi connectivity index (χ1v) is 9.64. The van der Waals surface area contributed by atoms with E-state index in [9.17, 15) is 14.7 Å². The normalized spacial score (nSPS) is 14.0. The molecule has 2 aromatic rings. The number of esters is 1. The maximum Gasteiger partial charge on any atom is 0.410 e. The molecule has 1 amide bonds. The molecular formula is C23H27NO5. The topological polar surface area (TPSA) is 76.1 Å². The molecule has 0 unspecified atom stereocenters. The van der Waals surface area contributed by atoms with Gasteiger partial charge in [0.15, 0.2) is 6.04 Å². The third-order valence-corrected chi connectivity index (χ3v) is 4.94. The number of carbonyl (C=O) groups excluding carboxylic acids is 2. The monoisotopic (exact) mass is 397 g/mol. The Morgan fingerprint density at radius 3 is 2.03 bits per heavy atom. The molecule has 0 bridgehead atoms. The van der Waals surface area contributed by atoms with Crippen molar-refractivity contribution in [1.82, 2.24) is 4.90 Å². The first kappa shape index (κ1) is 20.9. The molecule has 6 heteroatoms. The summed E-state index contributed by atoms with van der Waals surface area (Å²) in [6.07, 6.45) is -0.684. The van der Waals surface area contributed by atoms with E-state index in [1.807, 2.05) is 36.4 Å². The van der Waals surface area contributed by atoms with Crippen LogP contribution in [0.5, 0.6) is 0 Å². The van der Waals surface area contributed by atoms with E-state index in [2.05, 4.69) is 12.1 Å². The summed E-state index contributed by atoms with van der Waals surface area (Å²) in [5.41, 5.74) is 3.77. The van der Waals surface area contributed by atoms with E-state index in [1.54, 1.807) is 20.8 Å².